The van der Waals surface area contributed by atoms with Crippen molar-refractivity contribution in [3.8, 4) is 0 Å². The number of nitrogens with one attached hydrogen (secondary N) is 2. The number of nitrogens with zero attached hydrogens (tertiary/aromatic N) is 4. The molecule has 2 aliphatic heterocycles. The predicted octanol–water partition coefficient (Wildman–Crippen LogP) is 0.0738. The summed E-state index contributed by atoms with van der Waals surface area (Å²) in [6, 6.07) is 2.18. The van der Waals surface area contributed by atoms with Gasteiger partial charge in [-0.3, -0.25) is 14.9 Å². The number of rotatable bonds is 5. The lowest BCUT2D eigenvalue weighted by atomic mass is 9.94. The van der Waals surface area contributed by atoms with Crippen molar-refractivity contribution in [1.29, 1.82) is 0 Å². The maximum atomic E-state index is 11.9. The van der Waals surface area contributed by atoms with Crippen LogP contribution in [0.4, 0.5) is 5.82 Å². The molecule has 8 heteroatoms. The van der Waals surface area contributed by atoms with Crippen LogP contribution in [-0.4, -0.2) is 53.2 Å². The summed E-state index contributed by atoms with van der Waals surface area (Å²) in [7, 11) is 1.91. The van der Waals surface area contributed by atoms with Crippen LogP contribution in [0.1, 0.15) is 31.4 Å². The van der Waals surface area contributed by atoms with E-state index >= 15 is 0 Å². The van der Waals surface area contributed by atoms with Crippen LogP contribution in [0.5, 0.6) is 0 Å². The largest absolute Gasteiger partial charge is 0.394 e. The molecule has 0 spiro atoms. The Bertz CT molecular complexity index is 680. The number of aromatic nitrogens is 2. The van der Waals surface area contributed by atoms with E-state index in [9.17, 15) is 9.90 Å². The molecule has 24 heavy (non-hydrogen) atoms. The third-order valence-corrected chi connectivity index (χ3v) is 4.87. The quantitative estimate of drug-likeness (QED) is 0.524. The van der Waals surface area contributed by atoms with E-state index in [4.69, 9.17) is 0 Å². The van der Waals surface area contributed by atoms with Gasteiger partial charge in [0.25, 0.3) is 0 Å². The minimum absolute atomic E-state index is 0.0941. The molecule has 0 aromatic carbocycles. The maximum absolute atomic E-state index is 11.9. The Balaban J connectivity index is 1.94. The first-order chi connectivity index (χ1) is 11.6. The van der Waals surface area contributed by atoms with Crippen molar-refractivity contribution in [3.05, 3.63) is 23.0 Å². The zero-order valence-electron chi connectivity index (χ0n) is 14.1. The number of hydrogen-bond acceptors (Lipinski definition) is 6. The number of carbonyl (C=O) groups is 1. The summed E-state index contributed by atoms with van der Waals surface area (Å²) in [5, 5.41) is 20.8. The van der Waals surface area contributed by atoms with Gasteiger partial charge in [-0.15, -0.1) is 0 Å². The van der Waals surface area contributed by atoms with Crippen LogP contribution >= 0.6 is 0 Å². The van der Waals surface area contributed by atoms with E-state index in [2.05, 4.69) is 32.6 Å². The van der Waals surface area contributed by atoms with E-state index in [1.54, 1.807) is 6.92 Å². The first kappa shape index (κ1) is 16.5. The molecular formula is C16H24N6O2. The Morgan fingerprint density at radius 1 is 1.58 bits per heavy atom. The summed E-state index contributed by atoms with van der Waals surface area (Å²) < 4.78 is 1.84. The highest BCUT2D eigenvalue weighted by Gasteiger charge is 2.32. The topological polar surface area (TPSA) is 94.8 Å². The summed E-state index contributed by atoms with van der Waals surface area (Å²) in [5.74, 6) is 0.791. The van der Waals surface area contributed by atoms with Gasteiger partial charge in [0.05, 0.1) is 30.0 Å². The van der Waals surface area contributed by atoms with Gasteiger partial charge in [-0.25, -0.2) is 0 Å². The average molecular weight is 332 g/mol. The molecule has 8 nitrogen and oxygen atoms in total. The maximum Gasteiger partial charge on any atom is 0.248 e. The molecule has 1 aromatic heterocycles. The monoisotopic (exact) mass is 332 g/mol. The second-order valence-corrected chi connectivity index (χ2v) is 6.29. The third-order valence-electron chi connectivity index (χ3n) is 4.87. The van der Waals surface area contributed by atoms with Crippen LogP contribution in [0.15, 0.2) is 22.4 Å². The van der Waals surface area contributed by atoms with Gasteiger partial charge in [0.1, 0.15) is 5.82 Å². The molecule has 1 fully saturated rings. The number of amides is 1. The second-order valence-electron chi connectivity index (χ2n) is 6.29. The molecule has 1 unspecified atom stereocenters. The number of carbonyl (C=O) groups excluding carboxylic acids is 1. The lowest BCUT2D eigenvalue weighted by Crippen LogP contribution is -2.39. The number of hydrazone groups is 1. The smallest absolute Gasteiger partial charge is 0.248 e. The Kier molecular flexibility index (Phi) is 4.57. The highest BCUT2D eigenvalue weighted by atomic mass is 16.3. The first-order valence-corrected chi connectivity index (χ1v) is 8.19. The fourth-order valence-corrected chi connectivity index (χ4v) is 3.56. The van der Waals surface area contributed by atoms with Crippen LogP contribution in [0.3, 0.4) is 0 Å². The Morgan fingerprint density at radius 2 is 2.38 bits per heavy atom. The van der Waals surface area contributed by atoms with Gasteiger partial charge in [0.15, 0.2) is 0 Å². The van der Waals surface area contributed by atoms with Gasteiger partial charge in [-0.05, 0) is 19.8 Å². The molecule has 0 aliphatic carbocycles. The van der Waals surface area contributed by atoms with Crippen molar-refractivity contribution >= 4 is 18.4 Å². The Morgan fingerprint density at radius 3 is 3.08 bits per heavy atom. The molecular weight excluding hydrogens is 308 g/mol. The summed E-state index contributed by atoms with van der Waals surface area (Å²) in [6.45, 7) is 6.75. The predicted molar refractivity (Wildman–Crippen MR) is 91.8 cm³/mol. The highest BCUT2D eigenvalue weighted by Crippen LogP contribution is 2.31. The van der Waals surface area contributed by atoms with Gasteiger partial charge in [0.2, 0.25) is 5.91 Å². The van der Waals surface area contributed by atoms with Gasteiger partial charge in [0, 0.05) is 38.5 Å². The van der Waals surface area contributed by atoms with Crippen molar-refractivity contribution in [2.24, 2.45) is 12.1 Å². The van der Waals surface area contributed by atoms with Crippen LogP contribution in [0.2, 0.25) is 0 Å². The molecule has 0 saturated carbocycles. The SMILES string of the molecule is C=NNC1=C(C)C(=O)NCC1c1cc(N2CCC[C@H]2CO)n(C)n1. The number of hydrogen-bond donors (Lipinski definition) is 3. The fourth-order valence-electron chi connectivity index (χ4n) is 3.56. The molecule has 2 atom stereocenters. The summed E-state index contributed by atoms with van der Waals surface area (Å²) in [6.07, 6.45) is 2.06. The zero-order valence-corrected chi connectivity index (χ0v) is 14.1. The van der Waals surface area contributed by atoms with Crippen molar-refractivity contribution in [1.82, 2.24) is 20.5 Å². The van der Waals surface area contributed by atoms with E-state index in [1.165, 1.54) is 0 Å². The van der Waals surface area contributed by atoms with Crippen LogP contribution in [-0.2, 0) is 11.8 Å². The molecule has 1 aromatic rings. The molecule has 0 radical (unpaired) electrons. The Labute approximate surface area is 141 Å². The van der Waals surface area contributed by atoms with Gasteiger partial charge in [-0.2, -0.15) is 10.2 Å². The number of aliphatic hydroxyl groups excluding tert-OH is 1. The van der Waals surface area contributed by atoms with Crippen molar-refractivity contribution in [3.63, 3.8) is 0 Å². The van der Waals surface area contributed by atoms with E-state index in [0.29, 0.717) is 12.1 Å². The van der Waals surface area contributed by atoms with E-state index < -0.39 is 0 Å². The second kappa shape index (κ2) is 6.64. The molecule has 3 heterocycles. The van der Waals surface area contributed by atoms with Gasteiger partial charge < -0.3 is 15.3 Å². The summed E-state index contributed by atoms with van der Waals surface area (Å²) in [5.41, 5.74) is 5.06. The molecule has 3 rings (SSSR count). The fraction of sp³-hybridized carbons (Fsp3) is 0.562. The normalized spacial score (nSPS) is 24.3. The number of anilines is 1. The van der Waals surface area contributed by atoms with Gasteiger partial charge >= 0.3 is 0 Å². The lowest BCUT2D eigenvalue weighted by molar-refractivity contribution is -0.118. The van der Waals surface area contributed by atoms with Crippen LogP contribution in [0, 0.1) is 0 Å². The first-order valence-electron chi connectivity index (χ1n) is 8.19. The van der Waals surface area contributed by atoms with E-state index in [0.717, 1.165) is 36.6 Å². The van der Waals surface area contributed by atoms with E-state index in [-0.39, 0.29) is 24.5 Å². The molecule has 0 bridgehead atoms. The van der Waals surface area contributed by atoms with Crippen molar-refractivity contribution in [2.75, 3.05) is 24.6 Å². The molecule has 1 amide bonds. The molecule has 1 saturated heterocycles. The lowest BCUT2D eigenvalue weighted by Gasteiger charge is -2.26. The minimum Gasteiger partial charge on any atom is -0.394 e. The number of aryl methyl sites for hydroxylation is 1. The van der Waals surface area contributed by atoms with Crippen molar-refractivity contribution in [2.45, 2.75) is 31.7 Å². The van der Waals surface area contributed by atoms with E-state index in [1.807, 2.05) is 17.8 Å². The number of aliphatic hydroxyl groups is 1. The minimum atomic E-state index is -0.103. The zero-order chi connectivity index (χ0) is 17.3. The van der Waals surface area contributed by atoms with Gasteiger partial charge in [-0.1, -0.05) is 0 Å². The average Bonchev–Trinajstić information content (AvgIpc) is 3.18. The molecule has 3 N–H and O–H groups in total. The molecule has 2 aliphatic rings. The standard InChI is InChI=1S/C16H24N6O2/c1-10-15(19-17-2)12(8-18-16(10)24)13-7-14(21(3)20-13)22-6-4-5-11(22)9-23/h7,11-12,19,23H,2,4-6,8-9H2,1,3H3,(H,18,24)/t11-,12?/m0/s1. The highest BCUT2D eigenvalue weighted by molar-refractivity contribution is 5.94. The Hall–Kier alpha value is -2.35. The van der Waals surface area contributed by atoms with Crippen LogP contribution < -0.4 is 15.6 Å². The van der Waals surface area contributed by atoms with Crippen molar-refractivity contribution < 1.29 is 9.90 Å². The van der Waals surface area contributed by atoms with Crippen LogP contribution in [0.25, 0.3) is 0 Å². The molecule has 130 valence electrons. The summed E-state index contributed by atoms with van der Waals surface area (Å²) >= 11 is 0. The third kappa shape index (κ3) is 2.77. The summed E-state index contributed by atoms with van der Waals surface area (Å²) in [4.78, 5) is 14.1.